The summed E-state index contributed by atoms with van der Waals surface area (Å²) in [5.74, 6) is 0. The van der Waals surface area contributed by atoms with Gasteiger partial charge in [0.2, 0.25) is 0 Å². The van der Waals surface area contributed by atoms with E-state index in [0.29, 0.717) is 13.0 Å². The highest BCUT2D eigenvalue weighted by Gasteiger charge is 2.15. The number of likely N-dealkylation sites (N-methyl/N-ethyl adjacent to an activating group) is 1. The van der Waals surface area contributed by atoms with Crippen molar-refractivity contribution >= 4 is 0 Å². The Hall–Kier alpha value is -0.160. The summed E-state index contributed by atoms with van der Waals surface area (Å²) in [5.41, 5.74) is 0. The van der Waals surface area contributed by atoms with Gasteiger partial charge < -0.3 is 19.4 Å². The van der Waals surface area contributed by atoms with E-state index in [0.717, 1.165) is 17.6 Å². The van der Waals surface area contributed by atoms with E-state index in [4.69, 9.17) is 14.9 Å². The van der Waals surface area contributed by atoms with Gasteiger partial charge in [0.1, 0.15) is 6.54 Å². The molecule has 0 heterocycles. The van der Waals surface area contributed by atoms with E-state index in [2.05, 4.69) is 0 Å². The summed E-state index contributed by atoms with van der Waals surface area (Å²) < 4.78 is 5.70. The van der Waals surface area contributed by atoms with E-state index >= 15 is 0 Å². The van der Waals surface area contributed by atoms with Crippen molar-refractivity contribution in [1.82, 2.24) is 0 Å². The molecule has 0 saturated heterocycles. The molecule has 0 amide bonds. The Kier molecular flexibility index (Phi) is 5.41. The first kappa shape index (κ1) is 11.8. The first-order valence-corrected chi connectivity index (χ1v) is 4.15. The molecule has 0 aliphatic carbocycles. The van der Waals surface area contributed by atoms with Crippen molar-refractivity contribution in [2.45, 2.75) is 12.7 Å². The molecule has 0 saturated carbocycles. The van der Waals surface area contributed by atoms with Gasteiger partial charge in [-0.2, -0.15) is 0 Å². The normalized spacial score (nSPS) is 12.5. The molecule has 0 aromatic rings. The van der Waals surface area contributed by atoms with Crippen molar-refractivity contribution < 1.29 is 19.4 Å². The average molecular weight is 178 g/mol. The van der Waals surface area contributed by atoms with E-state index in [9.17, 15) is 0 Å². The predicted molar refractivity (Wildman–Crippen MR) is 46.6 cm³/mol. The Morgan fingerprint density at radius 1 is 1.25 bits per heavy atom. The van der Waals surface area contributed by atoms with E-state index in [1.807, 2.05) is 14.1 Å². The molecule has 0 radical (unpaired) electrons. The molecule has 0 rings (SSSR count). The molecule has 0 aliphatic rings. The van der Waals surface area contributed by atoms with Crippen LogP contribution in [0.1, 0.15) is 6.42 Å². The minimum absolute atomic E-state index is 0.413. The number of methoxy groups -OCH3 is 1. The Morgan fingerprint density at radius 2 is 1.83 bits per heavy atom. The summed E-state index contributed by atoms with van der Waals surface area (Å²) in [4.78, 5) is 0. The van der Waals surface area contributed by atoms with Crippen LogP contribution in [0.4, 0.5) is 0 Å². The fourth-order valence-corrected chi connectivity index (χ4v) is 0.915. The molecule has 0 atom stereocenters. The first-order valence-electron chi connectivity index (χ1n) is 4.15. The highest BCUT2D eigenvalue weighted by Crippen LogP contribution is 2.00. The van der Waals surface area contributed by atoms with E-state index in [-0.39, 0.29) is 0 Å². The average Bonchev–Trinajstić information content (AvgIpc) is 1.98. The standard InChI is InChI=1S/C8H20NO3/c1-9(2,6-7-12-3)5-4-8(10)11/h8,10-11H,4-7H2,1-3H3/q+1. The third-order valence-electron chi connectivity index (χ3n) is 1.89. The van der Waals surface area contributed by atoms with Crippen LogP contribution in [0.3, 0.4) is 0 Å². The van der Waals surface area contributed by atoms with Crippen molar-refractivity contribution in [2.24, 2.45) is 0 Å². The summed E-state index contributed by atoms with van der Waals surface area (Å²) in [6.07, 6.45) is -0.776. The molecule has 74 valence electrons. The number of ether oxygens (including phenoxy) is 1. The Labute approximate surface area is 74.0 Å². The topological polar surface area (TPSA) is 49.7 Å². The van der Waals surface area contributed by atoms with Crippen molar-refractivity contribution in [3.8, 4) is 0 Å². The van der Waals surface area contributed by atoms with Gasteiger partial charge in [-0.25, -0.2) is 0 Å². The lowest BCUT2D eigenvalue weighted by Gasteiger charge is -2.29. The smallest absolute Gasteiger partial charge is 0.156 e. The summed E-state index contributed by atoms with van der Waals surface area (Å²) in [6, 6.07) is 0. The van der Waals surface area contributed by atoms with Gasteiger partial charge >= 0.3 is 0 Å². The molecule has 0 spiro atoms. The monoisotopic (exact) mass is 178 g/mol. The maximum absolute atomic E-state index is 8.66. The molecule has 0 aromatic carbocycles. The quantitative estimate of drug-likeness (QED) is 0.422. The summed E-state index contributed by atoms with van der Waals surface area (Å²) >= 11 is 0. The lowest BCUT2D eigenvalue weighted by atomic mass is 10.3. The number of hydrogen-bond acceptors (Lipinski definition) is 3. The Balaban J connectivity index is 3.56. The molecule has 4 nitrogen and oxygen atoms in total. The molecular formula is C8H20NO3+. The third kappa shape index (κ3) is 6.54. The summed E-state index contributed by atoms with van der Waals surface area (Å²) in [7, 11) is 5.75. The molecule has 0 aliphatic heterocycles. The van der Waals surface area contributed by atoms with Gasteiger partial charge in [0.25, 0.3) is 0 Å². The predicted octanol–water partition coefficient (Wildman–Crippen LogP) is -0.590. The van der Waals surface area contributed by atoms with Crippen LogP contribution in [-0.4, -0.2) is 61.9 Å². The van der Waals surface area contributed by atoms with Gasteiger partial charge in [-0.3, -0.25) is 0 Å². The van der Waals surface area contributed by atoms with Gasteiger partial charge in [0, 0.05) is 13.5 Å². The van der Waals surface area contributed by atoms with Crippen LogP contribution in [0.2, 0.25) is 0 Å². The molecule has 0 fully saturated rings. The van der Waals surface area contributed by atoms with Crippen LogP contribution in [0.5, 0.6) is 0 Å². The number of aliphatic hydroxyl groups excluding tert-OH is 1. The highest BCUT2D eigenvalue weighted by molar-refractivity contribution is 4.39. The summed E-state index contributed by atoms with van der Waals surface area (Å²) in [6.45, 7) is 2.35. The number of nitrogens with zero attached hydrogens (tertiary/aromatic N) is 1. The van der Waals surface area contributed by atoms with Crippen molar-refractivity contribution in [3.63, 3.8) is 0 Å². The minimum atomic E-state index is -1.19. The van der Waals surface area contributed by atoms with Crippen molar-refractivity contribution in [1.29, 1.82) is 0 Å². The second-order valence-electron chi connectivity index (χ2n) is 3.65. The zero-order valence-electron chi connectivity index (χ0n) is 8.16. The maximum Gasteiger partial charge on any atom is 0.156 e. The van der Waals surface area contributed by atoms with Gasteiger partial charge in [-0.1, -0.05) is 0 Å². The molecule has 2 N–H and O–H groups in total. The second-order valence-corrected chi connectivity index (χ2v) is 3.65. The lowest BCUT2D eigenvalue weighted by Crippen LogP contribution is -2.44. The van der Waals surface area contributed by atoms with Crippen LogP contribution in [0.15, 0.2) is 0 Å². The molecule has 0 unspecified atom stereocenters. The number of hydrogen-bond donors (Lipinski definition) is 2. The van der Waals surface area contributed by atoms with Gasteiger partial charge in [0.15, 0.2) is 6.29 Å². The lowest BCUT2D eigenvalue weighted by molar-refractivity contribution is -0.891. The van der Waals surface area contributed by atoms with Gasteiger partial charge in [-0.15, -0.1) is 0 Å². The van der Waals surface area contributed by atoms with Crippen LogP contribution < -0.4 is 0 Å². The molecule has 0 bridgehead atoms. The molecule has 12 heavy (non-hydrogen) atoms. The molecule has 0 aromatic heterocycles. The largest absolute Gasteiger partial charge is 0.379 e. The van der Waals surface area contributed by atoms with Crippen LogP contribution >= 0.6 is 0 Å². The molecule has 4 heteroatoms. The SMILES string of the molecule is COCC[N+](C)(C)CCC(O)O. The van der Waals surface area contributed by atoms with E-state index < -0.39 is 6.29 Å². The van der Waals surface area contributed by atoms with E-state index in [1.165, 1.54) is 0 Å². The van der Waals surface area contributed by atoms with Crippen molar-refractivity contribution in [2.75, 3.05) is 40.9 Å². The first-order chi connectivity index (χ1) is 5.48. The number of rotatable bonds is 6. The summed E-state index contributed by atoms with van der Waals surface area (Å²) in [5, 5.41) is 17.3. The number of quaternary nitrogens is 1. The zero-order chi connectivity index (χ0) is 9.61. The second kappa shape index (κ2) is 5.48. The fourth-order valence-electron chi connectivity index (χ4n) is 0.915. The fraction of sp³-hybridized carbons (Fsp3) is 1.00. The van der Waals surface area contributed by atoms with Gasteiger partial charge in [0.05, 0.1) is 27.2 Å². The van der Waals surface area contributed by atoms with Gasteiger partial charge in [-0.05, 0) is 0 Å². The third-order valence-corrected chi connectivity index (χ3v) is 1.89. The minimum Gasteiger partial charge on any atom is -0.379 e. The van der Waals surface area contributed by atoms with Crippen molar-refractivity contribution in [3.05, 3.63) is 0 Å². The van der Waals surface area contributed by atoms with Crippen LogP contribution in [0.25, 0.3) is 0 Å². The van der Waals surface area contributed by atoms with Crippen LogP contribution in [0, 0.1) is 0 Å². The Bertz CT molecular complexity index is 115. The molecular weight excluding hydrogens is 158 g/mol. The highest BCUT2D eigenvalue weighted by atomic mass is 16.5. The van der Waals surface area contributed by atoms with Crippen LogP contribution in [-0.2, 0) is 4.74 Å². The Morgan fingerprint density at radius 3 is 2.25 bits per heavy atom. The number of aliphatic hydroxyl groups is 2. The van der Waals surface area contributed by atoms with E-state index in [1.54, 1.807) is 7.11 Å². The maximum atomic E-state index is 8.66. The zero-order valence-corrected chi connectivity index (χ0v) is 8.16.